The fraction of sp³-hybridized carbons (Fsp3) is 0.361. The largest absolute Gasteiger partial charge is 0.457 e. The first-order valence-electron chi connectivity index (χ1n) is 15.7. The predicted octanol–water partition coefficient (Wildman–Crippen LogP) is 5.64. The minimum atomic E-state index is -1.52. The molecule has 2 aliphatic rings. The molecule has 2 aliphatic heterocycles. The molecule has 0 bridgehead atoms. The van der Waals surface area contributed by atoms with E-state index in [0.717, 1.165) is 24.0 Å². The zero-order valence-electron chi connectivity index (χ0n) is 27.8. The molecule has 2 heterocycles. The molecule has 13 nitrogen and oxygen atoms in total. The van der Waals surface area contributed by atoms with E-state index in [-0.39, 0.29) is 24.7 Å². The third-order valence-corrected chi connectivity index (χ3v) is 7.85. The Kier molecular flexibility index (Phi) is 10.4. The van der Waals surface area contributed by atoms with Gasteiger partial charge in [0.2, 0.25) is 20.4 Å². The minimum absolute atomic E-state index is 0.0502. The molecule has 0 N–H and O–H groups in total. The van der Waals surface area contributed by atoms with Crippen LogP contribution in [0.3, 0.4) is 0 Å². The molecule has 5 rings (SSSR count). The standard InChI is InChI=1S/C36H36O13/c1-6-8-23-13-28-32(15-30(23)45-17-42-20(3)37)48-33-16-31(46-18-43-21(4)38)24(9-7-2)14-29(33)36(28)27-11-10-25(12-26(27)35(41)49-36)34(40)47-19-44-22(5)39/h10-16H,6-9,17-19H2,1-5H3. The van der Waals surface area contributed by atoms with Crippen molar-refractivity contribution in [3.63, 3.8) is 0 Å². The zero-order valence-corrected chi connectivity index (χ0v) is 27.8. The highest BCUT2D eigenvalue weighted by Crippen LogP contribution is 2.58. The summed E-state index contributed by atoms with van der Waals surface area (Å²) in [6, 6.07) is 11.5. The van der Waals surface area contributed by atoms with Gasteiger partial charge in [-0.2, -0.15) is 0 Å². The summed E-state index contributed by atoms with van der Waals surface area (Å²) in [4.78, 5) is 60.5. The smallest absolute Gasteiger partial charge is 0.341 e. The van der Waals surface area contributed by atoms with Gasteiger partial charge in [0.1, 0.15) is 23.0 Å². The van der Waals surface area contributed by atoms with E-state index in [1.165, 1.54) is 32.9 Å². The highest BCUT2D eigenvalue weighted by Gasteiger charge is 2.54. The zero-order chi connectivity index (χ0) is 35.3. The highest BCUT2D eigenvalue weighted by atomic mass is 16.7. The first-order chi connectivity index (χ1) is 23.5. The molecular formula is C36H36O13. The Bertz CT molecular complexity index is 1730. The number of benzene rings is 3. The van der Waals surface area contributed by atoms with E-state index in [9.17, 15) is 24.0 Å². The third-order valence-electron chi connectivity index (χ3n) is 7.85. The second kappa shape index (κ2) is 14.7. The van der Waals surface area contributed by atoms with E-state index in [1.807, 2.05) is 26.0 Å². The lowest BCUT2D eigenvalue weighted by atomic mass is 9.76. The SMILES string of the molecule is CCCc1cc2c(cc1OCOC(C)=O)Oc1cc(OCOC(C)=O)c(CCC)cc1C21OC(=O)c2cc(C(=O)OCOC(C)=O)ccc21. The van der Waals surface area contributed by atoms with Crippen molar-refractivity contribution in [2.45, 2.75) is 65.9 Å². The van der Waals surface area contributed by atoms with Gasteiger partial charge in [0.15, 0.2) is 5.60 Å². The van der Waals surface area contributed by atoms with Crippen LogP contribution in [0.4, 0.5) is 0 Å². The molecule has 13 heteroatoms. The van der Waals surface area contributed by atoms with Crippen molar-refractivity contribution in [1.29, 1.82) is 0 Å². The molecular weight excluding hydrogens is 640 g/mol. The monoisotopic (exact) mass is 676 g/mol. The Morgan fingerprint density at radius 3 is 1.65 bits per heavy atom. The summed E-state index contributed by atoms with van der Waals surface area (Å²) in [5.74, 6) is -1.72. The first-order valence-corrected chi connectivity index (χ1v) is 15.7. The molecule has 0 radical (unpaired) electrons. The van der Waals surface area contributed by atoms with E-state index in [2.05, 4.69) is 0 Å². The summed E-state index contributed by atoms with van der Waals surface area (Å²) >= 11 is 0. The van der Waals surface area contributed by atoms with Gasteiger partial charge in [-0.05, 0) is 48.2 Å². The van der Waals surface area contributed by atoms with Crippen LogP contribution >= 0.6 is 0 Å². The van der Waals surface area contributed by atoms with Crippen molar-refractivity contribution in [2.75, 3.05) is 20.4 Å². The van der Waals surface area contributed by atoms with E-state index < -0.39 is 42.2 Å². The average molecular weight is 677 g/mol. The van der Waals surface area contributed by atoms with Crippen molar-refractivity contribution in [1.82, 2.24) is 0 Å². The van der Waals surface area contributed by atoms with E-state index in [0.29, 0.717) is 52.5 Å². The van der Waals surface area contributed by atoms with Crippen molar-refractivity contribution in [3.05, 3.63) is 81.4 Å². The summed E-state index contributed by atoms with van der Waals surface area (Å²) in [7, 11) is 0. The fourth-order valence-corrected chi connectivity index (χ4v) is 5.79. The number of hydrogen-bond acceptors (Lipinski definition) is 13. The number of ether oxygens (including phenoxy) is 8. The lowest BCUT2D eigenvalue weighted by Crippen LogP contribution is -2.33. The van der Waals surface area contributed by atoms with Gasteiger partial charge in [-0.15, -0.1) is 0 Å². The third kappa shape index (κ3) is 7.15. The Hall–Kier alpha value is -5.59. The van der Waals surface area contributed by atoms with Gasteiger partial charge >= 0.3 is 29.8 Å². The van der Waals surface area contributed by atoms with Gasteiger partial charge < -0.3 is 37.9 Å². The molecule has 3 aromatic rings. The highest BCUT2D eigenvalue weighted by molar-refractivity contribution is 6.00. The predicted molar refractivity (Wildman–Crippen MR) is 169 cm³/mol. The van der Waals surface area contributed by atoms with Gasteiger partial charge in [-0.3, -0.25) is 14.4 Å². The van der Waals surface area contributed by atoms with Crippen molar-refractivity contribution in [3.8, 4) is 23.0 Å². The molecule has 0 saturated carbocycles. The van der Waals surface area contributed by atoms with Crippen molar-refractivity contribution in [2.24, 2.45) is 0 Å². The number of carbonyl (C=O) groups excluding carboxylic acids is 5. The quantitative estimate of drug-likeness (QED) is 0.125. The molecule has 3 aromatic carbocycles. The van der Waals surface area contributed by atoms with E-state index in [1.54, 1.807) is 18.2 Å². The number of rotatable bonds is 13. The number of hydrogen-bond donors (Lipinski definition) is 0. The summed E-state index contributed by atoms with van der Waals surface area (Å²) < 4.78 is 44.3. The number of aryl methyl sites for hydroxylation is 2. The first kappa shape index (κ1) is 34.7. The van der Waals surface area contributed by atoms with Crippen LogP contribution in [0.5, 0.6) is 23.0 Å². The molecule has 0 saturated heterocycles. The Morgan fingerprint density at radius 1 is 0.653 bits per heavy atom. The average Bonchev–Trinajstić information content (AvgIpc) is 3.33. The minimum Gasteiger partial charge on any atom is -0.457 e. The van der Waals surface area contributed by atoms with Gasteiger partial charge in [-0.25, -0.2) is 9.59 Å². The molecule has 0 atom stereocenters. The Morgan fingerprint density at radius 2 is 1.16 bits per heavy atom. The molecule has 0 unspecified atom stereocenters. The topological polar surface area (TPSA) is 159 Å². The lowest BCUT2D eigenvalue weighted by molar-refractivity contribution is -0.150. The molecule has 0 aromatic heterocycles. The lowest BCUT2D eigenvalue weighted by Gasteiger charge is -2.37. The maximum atomic E-state index is 13.8. The number of esters is 5. The van der Waals surface area contributed by atoms with Gasteiger partial charge in [0, 0.05) is 49.6 Å². The van der Waals surface area contributed by atoms with Gasteiger partial charge in [0.25, 0.3) is 0 Å². The van der Waals surface area contributed by atoms with Crippen LogP contribution in [-0.2, 0) is 56.5 Å². The molecule has 0 amide bonds. The van der Waals surface area contributed by atoms with Crippen LogP contribution in [0.25, 0.3) is 0 Å². The van der Waals surface area contributed by atoms with Crippen molar-refractivity contribution >= 4 is 29.8 Å². The second-order valence-corrected chi connectivity index (χ2v) is 11.3. The summed E-state index contributed by atoms with van der Waals surface area (Å²) in [5, 5.41) is 0. The fourth-order valence-electron chi connectivity index (χ4n) is 5.79. The summed E-state index contributed by atoms with van der Waals surface area (Å²) in [6.45, 7) is 6.50. The Labute approximate surface area is 282 Å². The van der Waals surface area contributed by atoms with E-state index >= 15 is 0 Å². The van der Waals surface area contributed by atoms with Crippen LogP contribution in [0, 0.1) is 0 Å². The summed E-state index contributed by atoms with van der Waals surface area (Å²) in [5.41, 5.74) is 1.63. The van der Waals surface area contributed by atoms with E-state index in [4.69, 9.17) is 37.9 Å². The maximum Gasteiger partial charge on any atom is 0.341 e. The molecule has 258 valence electrons. The van der Waals surface area contributed by atoms with Crippen LogP contribution in [0.1, 0.15) is 96.0 Å². The second-order valence-electron chi connectivity index (χ2n) is 11.3. The maximum absolute atomic E-state index is 13.8. The van der Waals surface area contributed by atoms with Crippen molar-refractivity contribution < 1.29 is 61.9 Å². The normalized spacial score (nSPS) is 13.2. The van der Waals surface area contributed by atoms with Crippen LogP contribution in [0.15, 0.2) is 42.5 Å². The molecule has 49 heavy (non-hydrogen) atoms. The van der Waals surface area contributed by atoms with Gasteiger partial charge in [0.05, 0.1) is 11.1 Å². The number of carbonyl (C=O) groups is 5. The number of fused-ring (bicyclic) bond motifs is 6. The molecule has 0 aliphatic carbocycles. The summed E-state index contributed by atoms with van der Waals surface area (Å²) in [6.07, 6.45) is 2.63. The van der Waals surface area contributed by atoms with Crippen LogP contribution in [0.2, 0.25) is 0 Å². The van der Waals surface area contributed by atoms with Gasteiger partial charge in [-0.1, -0.05) is 32.8 Å². The van der Waals surface area contributed by atoms with Crippen LogP contribution < -0.4 is 14.2 Å². The van der Waals surface area contributed by atoms with Crippen LogP contribution in [-0.4, -0.2) is 50.2 Å². The molecule has 1 spiro atoms. The molecule has 0 fully saturated rings. The Balaban J connectivity index is 1.69.